The van der Waals surface area contributed by atoms with Crippen LogP contribution in [0.4, 0.5) is 17.6 Å². The molecule has 15 heavy (non-hydrogen) atoms. The van der Waals surface area contributed by atoms with E-state index in [-0.39, 0.29) is 0 Å². The Morgan fingerprint density at radius 2 is 1.93 bits per heavy atom. The molecule has 0 amide bonds. The van der Waals surface area contributed by atoms with Gasteiger partial charge in [0.15, 0.2) is 0 Å². The van der Waals surface area contributed by atoms with Gasteiger partial charge in [-0.1, -0.05) is 12.1 Å². The van der Waals surface area contributed by atoms with E-state index in [0.717, 1.165) is 12.1 Å². The molecule has 0 fully saturated rings. The van der Waals surface area contributed by atoms with Gasteiger partial charge in [-0.15, -0.1) is 0 Å². The lowest BCUT2D eigenvalue weighted by Crippen LogP contribution is -2.14. The van der Waals surface area contributed by atoms with Crippen LogP contribution in [0.3, 0.4) is 0 Å². The molecular weight excluding hydrogens is 216 g/mol. The lowest BCUT2D eigenvalue weighted by molar-refractivity contribution is -0.141. The molecule has 0 aliphatic heterocycles. The van der Waals surface area contributed by atoms with E-state index in [0.29, 0.717) is 6.07 Å². The van der Waals surface area contributed by atoms with Crippen molar-refractivity contribution in [2.24, 2.45) is 0 Å². The summed E-state index contributed by atoms with van der Waals surface area (Å²) in [6, 6.07) is 2.64. The van der Waals surface area contributed by atoms with Crippen molar-refractivity contribution in [1.29, 1.82) is 0 Å². The van der Waals surface area contributed by atoms with Crippen molar-refractivity contribution in [1.82, 2.24) is 0 Å². The first-order chi connectivity index (χ1) is 6.82. The van der Waals surface area contributed by atoms with Crippen LogP contribution >= 0.6 is 0 Å². The molecule has 1 aromatic carbocycles. The summed E-state index contributed by atoms with van der Waals surface area (Å²) in [6.45, 7) is 0. The summed E-state index contributed by atoms with van der Waals surface area (Å²) in [5.41, 5.74) is -2.08. The molecule has 0 saturated heterocycles. The minimum atomic E-state index is -4.88. The lowest BCUT2D eigenvalue weighted by Gasteiger charge is -2.11. The van der Waals surface area contributed by atoms with Crippen LogP contribution < -0.4 is 0 Å². The Bertz CT molecular complexity index is 384. The van der Waals surface area contributed by atoms with Crippen LogP contribution in [0, 0.1) is 5.82 Å². The van der Waals surface area contributed by atoms with Crippen molar-refractivity contribution in [3.05, 3.63) is 35.1 Å². The third-order valence-corrected chi connectivity index (χ3v) is 1.73. The van der Waals surface area contributed by atoms with Gasteiger partial charge in [-0.25, -0.2) is 4.39 Å². The summed E-state index contributed by atoms with van der Waals surface area (Å²) in [5, 5.41) is 8.36. The molecule has 0 aliphatic carbocycles. The lowest BCUT2D eigenvalue weighted by atomic mass is 10.0. The summed E-state index contributed by atoms with van der Waals surface area (Å²) >= 11 is 0. The molecule has 82 valence electrons. The van der Waals surface area contributed by atoms with Gasteiger partial charge in [0.2, 0.25) is 0 Å². The summed E-state index contributed by atoms with van der Waals surface area (Å²) in [7, 11) is 0. The number of benzene rings is 1. The van der Waals surface area contributed by atoms with Crippen molar-refractivity contribution in [2.75, 3.05) is 0 Å². The van der Waals surface area contributed by atoms with Crippen LogP contribution in [0.2, 0.25) is 0 Å². The number of aliphatic carboxylic acids is 1. The predicted molar refractivity (Wildman–Crippen MR) is 42.7 cm³/mol. The summed E-state index contributed by atoms with van der Waals surface area (Å²) in [6.07, 6.45) is -5.73. The topological polar surface area (TPSA) is 37.3 Å². The van der Waals surface area contributed by atoms with Crippen LogP contribution in [0.15, 0.2) is 18.2 Å². The normalized spacial score (nSPS) is 11.5. The van der Waals surface area contributed by atoms with E-state index in [1.165, 1.54) is 0 Å². The molecular formula is C9H6F4O2. The van der Waals surface area contributed by atoms with E-state index in [1.54, 1.807) is 0 Å². The second-order valence-corrected chi connectivity index (χ2v) is 2.84. The number of carboxylic acid groups (broad SMARTS) is 1. The molecule has 6 heteroatoms. The molecule has 0 radical (unpaired) electrons. The van der Waals surface area contributed by atoms with Crippen molar-refractivity contribution in [3.63, 3.8) is 0 Å². The standard InChI is InChI=1S/C9H6F4O2/c10-6-3-1-2-5(4-7(14)15)8(6)9(11,12)13/h1-3H,4H2,(H,14,15). The predicted octanol–water partition coefficient (Wildman–Crippen LogP) is 2.47. The molecule has 0 atom stereocenters. The van der Waals surface area contributed by atoms with E-state index in [4.69, 9.17) is 5.11 Å². The monoisotopic (exact) mass is 222 g/mol. The first-order valence-corrected chi connectivity index (χ1v) is 3.88. The Morgan fingerprint density at radius 3 is 2.40 bits per heavy atom. The number of halogens is 4. The highest BCUT2D eigenvalue weighted by atomic mass is 19.4. The van der Waals surface area contributed by atoms with Gasteiger partial charge in [0.05, 0.1) is 12.0 Å². The summed E-state index contributed by atoms with van der Waals surface area (Å²) < 4.78 is 49.9. The highest BCUT2D eigenvalue weighted by Crippen LogP contribution is 2.34. The van der Waals surface area contributed by atoms with Gasteiger partial charge < -0.3 is 5.11 Å². The Morgan fingerprint density at radius 1 is 1.33 bits per heavy atom. The van der Waals surface area contributed by atoms with E-state index < -0.39 is 35.5 Å². The molecule has 1 N–H and O–H groups in total. The second-order valence-electron chi connectivity index (χ2n) is 2.84. The van der Waals surface area contributed by atoms with E-state index in [9.17, 15) is 22.4 Å². The molecule has 0 saturated carbocycles. The zero-order valence-corrected chi connectivity index (χ0v) is 7.31. The van der Waals surface area contributed by atoms with Gasteiger partial charge in [-0.05, 0) is 11.6 Å². The van der Waals surface area contributed by atoms with Gasteiger partial charge >= 0.3 is 12.1 Å². The minimum Gasteiger partial charge on any atom is -0.481 e. The average Bonchev–Trinajstić information content (AvgIpc) is 1.99. The van der Waals surface area contributed by atoms with Crippen LogP contribution in [-0.4, -0.2) is 11.1 Å². The van der Waals surface area contributed by atoms with Gasteiger partial charge in [-0.2, -0.15) is 13.2 Å². The number of hydrogen-bond donors (Lipinski definition) is 1. The minimum absolute atomic E-state index is 0.574. The second kappa shape index (κ2) is 3.88. The van der Waals surface area contributed by atoms with E-state index in [2.05, 4.69) is 0 Å². The third kappa shape index (κ3) is 2.68. The fourth-order valence-electron chi connectivity index (χ4n) is 1.20. The van der Waals surface area contributed by atoms with Crippen molar-refractivity contribution in [2.45, 2.75) is 12.6 Å². The molecule has 0 aliphatic rings. The fraction of sp³-hybridized carbons (Fsp3) is 0.222. The zero-order chi connectivity index (χ0) is 11.6. The van der Waals surface area contributed by atoms with Crippen molar-refractivity contribution < 1.29 is 27.5 Å². The first kappa shape index (κ1) is 11.5. The average molecular weight is 222 g/mol. The maximum absolute atomic E-state index is 12.9. The summed E-state index contributed by atoms with van der Waals surface area (Å²) in [4.78, 5) is 10.3. The van der Waals surface area contributed by atoms with Crippen LogP contribution in [0.5, 0.6) is 0 Å². The van der Waals surface area contributed by atoms with E-state index >= 15 is 0 Å². The highest BCUT2D eigenvalue weighted by molar-refractivity contribution is 5.70. The van der Waals surface area contributed by atoms with Gasteiger partial charge in [0, 0.05) is 0 Å². The number of carboxylic acids is 1. The highest BCUT2D eigenvalue weighted by Gasteiger charge is 2.36. The molecule has 0 bridgehead atoms. The van der Waals surface area contributed by atoms with Crippen molar-refractivity contribution in [3.8, 4) is 0 Å². The van der Waals surface area contributed by atoms with Crippen LogP contribution in [0.1, 0.15) is 11.1 Å². The number of carbonyl (C=O) groups is 1. The van der Waals surface area contributed by atoms with Crippen LogP contribution in [0.25, 0.3) is 0 Å². The Balaban J connectivity index is 3.27. The number of alkyl halides is 3. The third-order valence-electron chi connectivity index (χ3n) is 1.73. The molecule has 1 aromatic rings. The number of rotatable bonds is 2. The summed E-state index contributed by atoms with van der Waals surface area (Å²) in [5.74, 6) is -2.90. The van der Waals surface area contributed by atoms with Gasteiger partial charge in [0.1, 0.15) is 5.82 Å². The smallest absolute Gasteiger partial charge is 0.419 e. The molecule has 1 rings (SSSR count). The Kier molecular flexibility index (Phi) is 2.97. The molecule has 0 heterocycles. The van der Waals surface area contributed by atoms with E-state index in [1.807, 2.05) is 0 Å². The largest absolute Gasteiger partial charge is 0.481 e. The quantitative estimate of drug-likeness (QED) is 0.780. The zero-order valence-electron chi connectivity index (χ0n) is 7.31. The van der Waals surface area contributed by atoms with Gasteiger partial charge in [0.25, 0.3) is 0 Å². The van der Waals surface area contributed by atoms with Crippen LogP contribution in [-0.2, 0) is 17.4 Å². The van der Waals surface area contributed by atoms with Gasteiger partial charge in [-0.3, -0.25) is 4.79 Å². The first-order valence-electron chi connectivity index (χ1n) is 3.88. The molecule has 2 nitrogen and oxygen atoms in total. The SMILES string of the molecule is O=C(O)Cc1cccc(F)c1C(F)(F)F. The molecule has 0 aromatic heterocycles. The maximum Gasteiger partial charge on any atom is 0.419 e. The Labute approximate surface area is 82.1 Å². The molecule has 0 spiro atoms. The maximum atomic E-state index is 12.9. The fourth-order valence-corrected chi connectivity index (χ4v) is 1.20. The number of hydrogen-bond acceptors (Lipinski definition) is 1. The molecule has 0 unspecified atom stereocenters. The Hall–Kier alpha value is -1.59. The van der Waals surface area contributed by atoms with Crippen molar-refractivity contribution >= 4 is 5.97 Å².